The molecule has 1 aliphatic rings. The van der Waals surface area contributed by atoms with Gasteiger partial charge in [0.05, 0.1) is 26.9 Å². The molecule has 1 fully saturated rings. The molecule has 2 rings (SSSR count). The van der Waals surface area contributed by atoms with Gasteiger partial charge in [0.25, 0.3) is 0 Å². The van der Waals surface area contributed by atoms with Gasteiger partial charge in [0, 0.05) is 37.8 Å². The predicted octanol–water partition coefficient (Wildman–Crippen LogP) is 1.67. The maximum absolute atomic E-state index is 5.94. The summed E-state index contributed by atoms with van der Waals surface area (Å²) in [5.74, 6) is 2.31. The van der Waals surface area contributed by atoms with E-state index in [0.717, 1.165) is 48.9 Å². The molecule has 0 amide bonds. The van der Waals surface area contributed by atoms with Crippen molar-refractivity contribution < 1.29 is 14.2 Å². The molecule has 0 radical (unpaired) electrons. The first kappa shape index (κ1) is 16.9. The molecule has 1 aromatic rings. The average Bonchev–Trinajstić information content (AvgIpc) is 2.84. The highest BCUT2D eigenvalue weighted by Gasteiger charge is 2.22. The Morgan fingerprint density at radius 1 is 1.15 bits per heavy atom. The molecule has 1 aliphatic heterocycles. The van der Waals surface area contributed by atoms with Gasteiger partial charge in [-0.25, -0.2) is 0 Å². The fourth-order valence-corrected chi connectivity index (χ4v) is 2.46. The first-order valence-electron chi connectivity index (χ1n) is 6.44. The molecule has 1 atom stereocenters. The molecular weight excluding hydrogens is 280 g/mol. The van der Waals surface area contributed by atoms with Crippen LogP contribution in [0.25, 0.3) is 0 Å². The van der Waals surface area contributed by atoms with Gasteiger partial charge in [0.2, 0.25) is 0 Å². The summed E-state index contributed by atoms with van der Waals surface area (Å²) < 4.78 is 16.1. The molecule has 1 heterocycles. The van der Waals surface area contributed by atoms with E-state index in [9.17, 15) is 0 Å². The van der Waals surface area contributed by atoms with Crippen LogP contribution >= 0.6 is 12.4 Å². The molecule has 1 aromatic carbocycles. The highest BCUT2D eigenvalue weighted by Crippen LogP contribution is 2.35. The zero-order valence-electron chi connectivity index (χ0n) is 12.2. The van der Waals surface area contributed by atoms with E-state index in [0.29, 0.717) is 0 Å². The Bertz CT molecular complexity index is 417. The fourth-order valence-electron chi connectivity index (χ4n) is 2.46. The minimum absolute atomic E-state index is 0. The van der Waals surface area contributed by atoms with E-state index in [2.05, 4.69) is 4.90 Å². The van der Waals surface area contributed by atoms with E-state index >= 15 is 0 Å². The van der Waals surface area contributed by atoms with Crippen LogP contribution < -0.4 is 19.9 Å². The van der Waals surface area contributed by atoms with E-state index < -0.39 is 0 Å². The summed E-state index contributed by atoms with van der Waals surface area (Å²) in [5, 5.41) is 0. The number of nitrogens with zero attached hydrogens (tertiary/aromatic N) is 1. The molecule has 6 heteroatoms. The SMILES string of the molecule is COc1cc(OC)c(CN2CCC(N)C2)c(OC)c1.Cl. The van der Waals surface area contributed by atoms with Crippen molar-refractivity contribution in [3.8, 4) is 17.2 Å². The lowest BCUT2D eigenvalue weighted by atomic mass is 10.1. The van der Waals surface area contributed by atoms with Crippen molar-refractivity contribution in [2.75, 3.05) is 34.4 Å². The van der Waals surface area contributed by atoms with E-state index in [4.69, 9.17) is 19.9 Å². The number of nitrogens with two attached hydrogens (primary N) is 1. The molecule has 1 saturated heterocycles. The first-order valence-corrected chi connectivity index (χ1v) is 6.44. The van der Waals surface area contributed by atoms with Gasteiger partial charge < -0.3 is 19.9 Å². The van der Waals surface area contributed by atoms with Crippen LogP contribution in [0.4, 0.5) is 0 Å². The van der Waals surface area contributed by atoms with Crippen molar-refractivity contribution in [1.29, 1.82) is 0 Å². The van der Waals surface area contributed by atoms with Crippen LogP contribution in [0.2, 0.25) is 0 Å². The summed E-state index contributed by atoms with van der Waals surface area (Å²) in [4.78, 5) is 2.32. The maximum Gasteiger partial charge on any atom is 0.130 e. The first-order chi connectivity index (χ1) is 9.17. The number of likely N-dealkylation sites (tertiary alicyclic amines) is 1. The number of hydrogen-bond acceptors (Lipinski definition) is 5. The zero-order chi connectivity index (χ0) is 13.8. The summed E-state index contributed by atoms with van der Waals surface area (Å²) >= 11 is 0. The zero-order valence-corrected chi connectivity index (χ0v) is 13.0. The average molecular weight is 303 g/mol. The molecule has 0 aliphatic carbocycles. The summed E-state index contributed by atoms with van der Waals surface area (Å²) in [6, 6.07) is 4.04. The molecule has 2 N–H and O–H groups in total. The van der Waals surface area contributed by atoms with Gasteiger partial charge in [0.15, 0.2) is 0 Å². The highest BCUT2D eigenvalue weighted by molar-refractivity contribution is 5.85. The lowest BCUT2D eigenvalue weighted by molar-refractivity contribution is 0.304. The fraction of sp³-hybridized carbons (Fsp3) is 0.571. The van der Waals surface area contributed by atoms with Crippen molar-refractivity contribution in [1.82, 2.24) is 4.90 Å². The van der Waals surface area contributed by atoms with Crippen molar-refractivity contribution >= 4 is 12.4 Å². The second-order valence-electron chi connectivity index (χ2n) is 4.79. The van der Waals surface area contributed by atoms with Crippen molar-refractivity contribution in [2.45, 2.75) is 19.0 Å². The van der Waals surface area contributed by atoms with Gasteiger partial charge in [-0.15, -0.1) is 12.4 Å². The van der Waals surface area contributed by atoms with Gasteiger partial charge in [-0.1, -0.05) is 0 Å². The molecule has 0 spiro atoms. The molecule has 1 unspecified atom stereocenters. The summed E-state index contributed by atoms with van der Waals surface area (Å²) in [6.45, 7) is 2.71. The molecule has 114 valence electrons. The van der Waals surface area contributed by atoms with E-state index in [1.165, 1.54) is 0 Å². The third kappa shape index (κ3) is 3.69. The Labute approximate surface area is 126 Å². The smallest absolute Gasteiger partial charge is 0.130 e. The Balaban J connectivity index is 0.00000200. The summed E-state index contributed by atoms with van der Waals surface area (Å²) in [5.41, 5.74) is 6.98. The maximum atomic E-state index is 5.94. The molecule has 5 nitrogen and oxygen atoms in total. The third-order valence-corrected chi connectivity index (χ3v) is 3.51. The van der Waals surface area contributed by atoms with Gasteiger partial charge >= 0.3 is 0 Å². The Hall–Kier alpha value is -1.17. The van der Waals surface area contributed by atoms with Gasteiger partial charge in [-0.3, -0.25) is 4.90 Å². The predicted molar refractivity (Wildman–Crippen MR) is 81.2 cm³/mol. The quantitative estimate of drug-likeness (QED) is 0.896. The van der Waals surface area contributed by atoms with E-state index in [-0.39, 0.29) is 18.4 Å². The second kappa shape index (κ2) is 7.57. The number of ether oxygens (including phenoxy) is 3. The Morgan fingerprint density at radius 2 is 1.75 bits per heavy atom. The van der Waals surface area contributed by atoms with Crippen LogP contribution in [0.15, 0.2) is 12.1 Å². The molecule has 0 aromatic heterocycles. The summed E-state index contributed by atoms with van der Waals surface area (Å²) in [6.07, 6.45) is 1.04. The second-order valence-corrected chi connectivity index (χ2v) is 4.79. The Morgan fingerprint density at radius 3 is 2.15 bits per heavy atom. The minimum atomic E-state index is 0. The lowest BCUT2D eigenvalue weighted by Crippen LogP contribution is -2.26. The lowest BCUT2D eigenvalue weighted by Gasteiger charge is -2.20. The van der Waals surface area contributed by atoms with Crippen molar-refractivity contribution in [3.05, 3.63) is 17.7 Å². The van der Waals surface area contributed by atoms with Gasteiger partial charge in [-0.05, 0) is 6.42 Å². The van der Waals surface area contributed by atoms with Crippen LogP contribution in [0.1, 0.15) is 12.0 Å². The van der Waals surface area contributed by atoms with Crippen LogP contribution in [0.3, 0.4) is 0 Å². The number of hydrogen-bond donors (Lipinski definition) is 1. The third-order valence-electron chi connectivity index (χ3n) is 3.51. The van der Waals surface area contributed by atoms with Crippen LogP contribution in [-0.4, -0.2) is 45.4 Å². The molecule has 0 bridgehead atoms. The van der Waals surface area contributed by atoms with Gasteiger partial charge in [-0.2, -0.15) is 0 Å². The number of methoxy groups -OCH3 is 3. The Kier molecular flexibility index (Phi) is 6.39. The van der Waals surface area contributed by atoms with Crippen LogP contribution in [-0.2, 0) is 6.54 Å². The largest absolute Gasteiger partial charge is 0.496 e. The summed E-state index contributed by atoms with van der Waals surface area (Å²) in [7, 11) is 4.95. The molecular formula is C14H23ClN2O3. The molecule has 20 heavy (non-hydrogen) atoms. The topological polar surface area (TPSA) is 57.0 Å². The van der Waals surface area contributed by atoms with E-state index in [1.807, 2.05) is 12.1 Å². The highest BCUT2D eigenvalue weighted by atomic mass is 35.5. The van der Waals surface area contributed by atoms with Crippen LogP contribution in [0.5, 0.6) is 17.2 Å². The standard InChI is InChI=1S/C14H22N2O3.ClH/c1-17-11-6-13(18-2)12(14(7-11)19-3)9-16-5-4-10(15)8-16;/h6-7,10H,4-5,8-9,15H2,1-3H3;1H. The van der Waals surface area contributed by atoms with Gasteiger partial charge in [0.1, 0.15) is 17.2 Å². The van der Waals surface area contributed by atoms with Crippen molar-refractivity contribution in [3.63, 3.8) is 0 Å². The monoisotopic (exact) mass is 302 g/mol. The minimum Gasteiger partial charge on any atom is -0.496 e. The van der Waals surface area contributed by atoms with Crippen LogP contribution in [0, 0.1) is 0 Å². The number of rotatable bonds is 5. The number of halogens is 1. The van der Waals surface area contributed by atoms with E-state index in [1.54, 1.807) is 21.3 Å². The van der Waals surface area contributed by atoms with Crippen molar-refractivity contribution in [2.24, 2.45) is 5.73 Å². The molecule has 0 saturated carbocycles. The number of benzene rings is 1. The normalized spacial score (nSPS) is 18.5.